The molecule has 0 radical (unpaired) electrons. The molecule has 2 unspecified atom stereocenters. The van der Waals surface area contributed by atoms with Crippen LogP contribution in [-0.4, -0.2) is 74.9 Å². The maximum absolute atomic E-state index is 12.9. The molecule has 0 aliphatic heterocycles. The maximum Gasteiger partial charge on any atom is 0.472 e. The second-order valence-corrected chi connectivity index (χ2v) is 30.6. The minimum atomic E-state index is -4.41. The van der Waals surface area contributed by atoms with Crippen LogP contribution in [0.5, 0.6) is 0 Å². The highest BCUT2D eigenvalue weighted by Crippen LogP contribution is 2.43. The molecule has 99 heavy (non-hydrogen) atoms. The Hall–Kier alpha value is -3.59. The number of allylic oxidation sites excluding steroid dienone is 20. The van der Waals surface area contributed by atoms with Crippen molar-refractivity contribution in [2.24, 2.45) is 0 Å². The second-order valence-electron chi connectivity index (χ2n) is 29.1. The molecular formula is C89H159NO8P+. The number of hydrogen-bond acceptors (Lipinski definition) is 7. The number of hydrogen-bond donors (Lipinski definition) is 1. The SMILES string of the molecule is CC/C=C\C/C=C\C/C=C\C/C=C\C/C=C\C/C=C\C/C=C\C/C=C\C/C=C\C/C=C\CCCCCCC(=O)OC(COC(=O)CCCCCCCCCCCCCCCCCCCCCCCCCCCCCCCCCCCCCCCCCC)COP(=O)(O)OCC[N+](C)(C)C. The Labute approximate surface area is 613 Å². The third-order valence-electron chi connectivity index (χ3n) is 18.3. The van der Waals surface area contributed by atoms with E-state index in [4.69, 9.17) is 18.5 Å². The molecule has 0 aromatic rings. The van der Waals surface area contributed by atoms with Gasteiger partial charge in [-0.15, -0.1) is 0 Å². The van der Waals surface area contributed by atoms with Crippen molar-refractivity contribution >= 4 is 19.8 Å². The molecule has 0 saturated heterocycles. The standard InChI is InChI=1S/C89H158NO8P/c1-6-8-10-12-14-16-18-20-22-24-26-28-30-32-34-36-38-40-42-43-44-45-46-48-49-51-53-55-57-59-61-63-65-67-69-71-73-75-77-79-81-88(91)95-85-87(86-97-99(93,94)96-84-83-90(3,4)5)98-89(92)82-80-78-76-74-72-70-68-66-64-62-60-58-56-54-52-50-47-41-39-37-35-33-31-29-27-25-23-21-19-17-15-13-11-9-7-2/h9,11,15,17,21,23,27,29,33,35,39,41,50,52,56,58,62,64,68,70,87H,6-8,10,12-14,16,18-20,22,24-26,28,30-32,34,36-38,40,42-49,51,53-55,57,59-61,63,65-67,69,71-86H2,1-5H3/p+1/b11-9-,17-15-,23-21-,29-27-,35-33-,41-39-,52-50-,58-56-,64-62-,70-68-. The molecule has 0 heterocycles. The van der Waals surface area contributed by atoms with Gasteiger partial charge in [0.05, 0.1) is 27.7 Å². The summed E-state index contributed by atoms with van der Waals surface area (Å²) in [5, 5.41) is 0. The number of rotatable bonds is 77. The van der Waals surface area contributed by atoms with Crippen molar-refractivity contribution in [1.82, 2.24) is 0 Å². The summed E-state index contributed by atoms with van der Waals surface area (Å²) >= 11 is 0. The van der Waals surface area contributed by atoms with Crippen molar-refractivity contribution < 1.29 is 42.1 Å². The van der Waals surface area contributed by atoms with Crippen molar-refractivity contribution in [3.05, 3.63) is 122 Å². The first-order valence-corrected chi connectivity index (χ1v) is 43.3. The number of carbonyl (C=O) groups excluding carboxylic acids is 2. The molecule has 0 aliphatic rings. The van der Waals surface area contributed by atoms with Gasteiger partial charge in [-0.3, -0.25) is 18.6 Å². The Kier molecular flexibility index (Phi) is 75.7. The van der Waals surface area contributed by atoms with Crippen LogP contribution < -0.4 is 0 Å². The van der Waals surface area contributed by atoms with E-state index in [-0.39, 0.29) is 32.0 Å². The molecule has 0 aliphatic carbocycles. The third kappa shape index (κ3) is 83.2. The van der Waals surface area contributed by atoms with Gasteiger partial charge in [-0.25, -0.2) is 4.57 Å². The highest BCUT2D eigenvalue weighted by atomic mass is 31.2. The first-order valence-electron chi connectivity index (χ1n) is 41.8. The lowest BCUT2D eigenvalue weighted by Gasteiger charge is -2.24. The van der Waals surface area contributed by atoms with Crippen LogP contribution >= 0.6 is 7.82 Å². The molecule has 0 amide bonds. The first-order chi connectivity index (χ1) is 48.5. The van der Waals surface area contributed by atoms with Crippen LogP contribution in [0.3, 0.4) is 0 Å². The smallest absolute Gasteiger partial charge is 0.462 e. The molecule has 0 saturated carbocycles. The van der Waals surface area contributed by atoms with E-state index < -0.39 is 26.5 Å². The van der Waals surface area contributed by atoms with Gasteiger partial charge in [-0.1, -0.05) is 399 Å². The maximum atomic E-state index is 12.9. The third-order valence-corrected chi connectivity index (χ3v) is 19.2. The highest BCUT2D eigenvalue weighted by molar-refractivity contribution is 7.47. The fraction of sp³-hybridized carbons (Fsp3) is 0.753. The zero-order valence-electron chi connectivity index (χ0n) is 65.5. The Balaban J connectivity index is 3.99. The normalized spacial score (nSPS) is 13.6. The Morgan fingerprint density at radius 2 is 0.576 bits per heavy atom. The zero-order valence-corrected chi connectivity index (χ0v) is 66.4. The summed E-state index contributed by atoms with van der Waals surface area (Å²) in [5.41, 5.74) is 0. The van der Waals surface area contributed by atoms with Gasteiger partial charge >= 0.3 is 19.8 Å². The van der Waals surface area contributed by atoms with Crippen LogP contribution in [0, 0.1) is 0 Å². The molecule has 0 fully saturated rings. The lowest BCUT2D eigenvalue weighted by atomic mass is 10.0. The van der Waals surface area contributed by atoms with Crippen molar-refractivity contribution in [3.8, 4) is 0 Å². The van der Waals surface area contributed by atoms with Crippen molar-refractivity contribution in [1.29, 1.82) is 0 Å². The molecule has 10 heteroatoms. The van der Waals surface area contributed by atoms with Crippen LogP contribution in [0.4, 0.5) is 0 Å². The number of carbonyl (C=O) groups is 2. The number of likely N-dealkylation sites (N-methyl/N-ethyl adjacent to an activating group) is 1. The van der Waals surface area contributed by atoms with Crippen molar-refractivity contribution in [2.45, 2.75) is 386 Å². The van der Waals surface area contributed by atoms with E-state index in [2.05, 4.69) is 135 Å². The lowest BCUT2D eigenvalue weighted by Crippen LogP contribution is -2.37. The predicted octanol–water partition coefficient (Wildman–Crippen LogP) is 28.1. The summed E-state index contributed by atoms with van der Waals surface area (Å²) in [6.45, 7) is 4.33. The Morgan fingerprint density at radius 1 is 0.323 bits per heavy atom. The number of esters is 2. The van der Waals surface area contributed by atoms with E-state index in [1.54, 1.807) is 0 Å². The Morgan fingerprint density at radius 3 is 0.859 bits per heavy atom. The number of nitrogens with zero attached hydrogens (tertiary/aromatic N) is 1. The molecule has 572 valence electrons. The highest BCUT2D eigenvalue weighted by Gasteiger charge is 2.27. The zero-order chi connectivity index (χ0) is 71.8. The van der Waals surface area contributed by atoms with E-state index in [0.717, 1.165) is 109 Å². The monoisotopic (exact) mass is 1400 g/mol. The van der Waals surface area contributed by atoms with Crippen LogP contribution in [-0.2, 0) is 32.7 Å². The van der Waals surface area contributed by atoms with Gasteiger partial charge in [0, 0.05) is 12.8 Å². The van der Waals surface area contributed by atoms with Gasteiger partial charge in [0.2, 0.25) is 0 Å². The average molecular weight is 1400 g/mol. The van der Waals surface area contributed by atoms with E-state index in [0.29, 0.717) is 17.4 Å². The summed E-state index contributed by atoms with van der Waals surface area (Å²) < 4.78 is 34.8. The molecule has 2 atom stereocenters. The van der Waals surface area contributed by atoms with Gasteiger partial charge in [0.1, 0.15) is 19.8 Å². The summed E-state index contributed by atoms with van der Waals surface area (Å²) in [6.07, 6.45) is 114. The average Bonchev–Trinajstić information content (AvgIpc) is 1.06. The molecule has 9 nitrogen and oxygen atoms in total. The lowest BCUT2D eigenvalue weighted by molar-refractivity contribution is -0.870. The topological polar surface area (TPSA) is 108 Å². The minimum Gasteiger partial charge on any atom is -0.462 e. The number of phosphoric acid groups is 1. The number of quaternary nitrogens is 1. The summed E-state index contributed by atoms with van der Waals surface area (Å²) in [6, 6.07) is 0. The van der Waals surface area contributed by atoms with Crippen molar-refractivity contribution in [3.63, 3.8) is 0 Å². The molecule has 1 N–H and O–H groups in total. The van der Waals surface area contributed by atoms with E-state index in [1.165, 1.54) is 238 Å². The molecular weight excluding hydrogens is 1240 g/mol. The molecule has 0 bridgehead atoms. The van der Waals surface area contributed by atoms with Gasteiger partial charge < -0.3 is 18.9 Å². The van der Waals surface area contributed by atoms with Crippen molar-refractivity contribution in [2.75, 3.05) is 47.5 Å². The second kappa shape index (κ2) is 78.5. The van der Waals surface area contributed by atoms with Crippen LogP contribution in [0.1, 0.15) is 380 Å². The quantitative estimate of drug-likeness (QED) is 0.0211. The molecule has 0 spiro atoms. The largest absolute Gasteiger partial charge is 0.472 e. The van der Waals surface area contributed by atoms with E-state index >= 15 is 0 Å². The summed E-state index contributed by atoms with van der Waals surface area (Å²) in [7, 11) is 1.46. The first kappa shape index (κ1) is 95.4. The van der Waals surface area contributed by atoms with E-state index in [1.807, 2.05) is 21.1 Å². The Bertz CT molecular complexity index is 2090. The number of ether oxygens (including phenoxy) is 2. The molecule has 0 rings (SSSR count). The number of unbranched alkanes of at least 4 members (excludes halogenated alkanes) is 43. The fourth-order valence-electron chi connectivity index (χ4n) is 11.9. The fourth-order valence-corrected chi connectivity index (χ4v) is 12.7. The summed E-state index contributed by atoms with van der Waals surface area (Å²) in [4.78, 5) is 36.0. The summed E-state index contributed by atoms with van der Waals surface area (Å²) in [5.74, 6) is -0.820. The minimum absolute atomic E-state index is 0.0218. The van der Waals surface area contributed by atoms with Crippen LogP contribution in [0.2, 0.25) is 0 Å². The molecule has 0 aromatic heterocycles. The van der Waals surface area contributed by atoms with Crippen LogP contribution in [0.15, 0.2) is 122 Å². The van der Waals surface area contributed by atoms with Crippen LogP contribution in [0.25, 0.3) is 0 Å². The van der Waals surface area contributed by atoms with Gasteiger partial charge in [-0.2, -0.15) is 0 Å². The van der Waals surface area contributed by atoms with Gasteiger partial charge in [0.15, 0.2) is 6.10 Å². The van der Waals surface area contributed by atoms with Gasteiger partial charge in [0.25, 0.3) is 0 Å². The predicted molar refractivity (Wildman–Crippen MR) is 431 cm³/mol. The number of phosphoric ester groups is 1. The molecule has 0 aromatic carbocycles. The van der Waals surface area contributed by atoms with E-state index in [9.17, 15) is 19.0 Å². The van der Waals surface area contributed by atoms with Gasteiger partial charge in [-0.05, 0) is 89.9 Å².